The van der Waals surface area contributed by atoms with Gasteiger partial charge in [0.2, 0.25) is 5.91 Å². The Kier molecular flexibility index (Phi) is 4.34. The lowest BCUT2D eigenvalue weighted by Crippen LogP contribution is -2.49. The van der Waals surface area contributed by atoms with E-state index >= 15 is 0 Å². The second kappa shape index (κ2) is 5.66. The van der Waals surface area contributed by atoms with Gasteiger partial charge in [0, 0.05) is 12.6 Å². The van der Waals surface area contributed by atoms with E-state index in [-0.39, 0.29) is 42.5 Å². The molecule has 2 saturated heterocycles. The number of nitrogens with zero attached hydrogens (tertiary/aromatic N) is 2. The molecule has 19 heavy (non-hydrogen) atoms. The third kappa shape index (κ3) is 2.45. The maximum absolute atomic E-state index is 12.5. The van der Waals surface area contributed by atoms with Crippen LogP contribution in [0, 0.1) is 17.2 Å². The summed E-state index contributed by atoms with van der Waals surface area (Å²) < 4.78 is 0. The Hall–Kier alpha value is -0.830. The number of fused-ring (bicyclic) bond motifs is 2. The normalized spacial score (nSPS) is 40.6. The minimum absolute atomic E-state index is 0. The number of amides is 1. The first-order chi connectivity index (χ1) is 8.70. The lowest BCUT2D eigenvalue weighted by molar-refractivity contribution is -0.134. The van der Waals surface area contributed by atoms with Crippen LogP contribution < -0.4 is 5.32 Å². The van der Waals surface area contributed by atoms with Gasteiger partial charge in [-0.25, -0.2) is 0 Å². The Morgan fingerprint density at radius 2 is 2.16 bits per heavy atom. The van der Waals surface area contributed by atoms with E-state index in [2.05, 4.69) is 11.4 Å². The van der Waals surface area contributed by atoms with Crippen molar-refractivity contribution in [2.75, 3.05) is 6.54 Å². The monoisotopic (exact) mass is 285 g/mol. The SMILES string of the molecule is Cl.N#CC1CCCN1C(=O)[C@H]1N[C@@H]2C[C@H]1CC[C@H]2O. The molecule has 1 aliphatic carbocycles. The Bertz CT molecular complexity index is 398. The highest BCUT2D eigenvalue weighted by Gasteiger charge is 2.46. The van der Waals surface area contributed by atoms with Gasteiger partial charge in [0.05, 0.1) is 18.2 Å². The van der Waals surface area contributed by atoms with Crippen molar-refractivity contribution in [2.45, 2.75) is 56.3 Å². The minimum atomic E-state index is -0.315. The lowest BCUT2D eigenvalue weighted by atomic mass is 9.85. The van der Waals surface area contributed by atoms with Crippen molar-refractivity contribution < 1.29 is 9.90 Å². The molecule has 0 aromatic carbocycles. The summed E-state index contributed by atoms with van der Waals surface area (Å²) in [6.45, 7) is 0.704. The van der Waals surface area contributed by atoms with Crippen molar-refractivity contribution in [1.82, 2.24) is 10.2 Å². The molecule has 5 atom stereocenters. The number of aliphatic hydroxyl groups excluding tert-OH is 1. The van der Waals surface area contributed by atoms with E-state index < -0.39 is 0 Å². The molecular formula is C13H20ClN3O2. The number of carbonyl (C=O) groups is 1. The zero-order valence-electron chi connectivity index (χ0n) is 10.8. The Morgan fingerprint density at radius 3 is 2.84 bits per heavy atom. The lowest BCUT2D eigenvalue weighted by Gasteiger charge is -2.26. The van der Waals surface area contributed by atoms with Crippen LogP contribution in [0.25, 0.3) is 0 Å². The van der Waals surface area contributed by atoms with E-state index in [4.69, 9.17) is 5.26 Å². The average Bonchev–Trinajstić information content (AvgIpc) is 2.98. The molecule has 3 aliphatic rings. The molecular weight excluding hydrogens is 266 g/mol. The van der Waals surface area contributed by atoms with Crippen molar-refractivity contribution in [3.8, 4) is 6.07 Å². The minimum Gasteiger partial charge on any atom is -0.392 e. The standard InChI is InChI=1S/C13H19N3O2.ClH/c14-7-9-2-1-5-16(9)13(18)12-8-3-4-11(17)10(6-8)15-12;/h8-12,15,17H,1-6H2;1H/t8-,9?,10-,11-,12+;/m1./s1. The molecule has 2 heterocycles. The molecule has 6 heteroatoms. The fourth-order valence-electron chi connectivity index (χ4n) is 3.65. The molecule has 2 aliphatic heterocycles. The van der Waals surface area contributed by atoms with Gasteiger partial charge in [-0.05, 0) is 38.0 Å². The maximum Gasteiger partial charge on any atom is 0.241 e. The van der Waals surface area contributed by atoms with Crippen LogP contribution in [-0.4, -0.2) is 46.7 Å². The van der Waals surface area contributed by atoms with Crippen LogP contribution in [-0.2, 0) is 4.79 Å². The molecule has 0 aromatic rings. The highest BCUT2D eigenvalue weighted by Crippen LogP contribution is 2.35. The van der Waals surface area contributed by atoms with Gasteiger partial charge >= 0.3 is 0 Å². The van der Waals surface area contributed by atoms with Gasteiger partial charge in [-0.2, -0.15) is 5.26 Å². The Morgan fingerprint density at radius 1 is 1.37 bits per heavy atom. The number of likely N-dealkylation sites (tertiary alicyclic amines) is 1. The molecule has 0 spiro atoms. The Labute approximate surface area is 119 Å². The van der Waals surface area contributed by atoms with Gasteiger partial charge in [0.1, 0.15) is 6.04 Å². The van der Waals surface area contributed by atoms with E-state index in [1.54, 1.807) is 4.90 Å². The fraction of sp³-hybridized carbons (Fsp3) is 0.846. The first-order valence-electron chi connectivity index (χ1n) is 6.85. The molecule has 106 valence electrons. The highest BCUT2D eigenvalue weighted by atomic mass is 35.5. The summed E-state index contributed by atoms with van der Waals surface area (Å²) in [7, 11) is 0. The van der Waals surface area contributed by atoms with Gasteiger partial charge in [0.25, 0.3) is 0 Å². The Balaban J connectivity index is 0.00000133. The van der Waals surface area contributed by atoms with Crippen LogP contribution in [0.5, 0.6) is 0 Å². The average molecular weight is 286 g/mol. The molecule has 3 rings (SSSR count). The summed E-state index contributed by atoms with van der Waals surface area (Å²) in [6, 6.07) is 1.86. The molecule has 1 unspecified atom stereocenters. The molecule has 1 saturated carbocycles. The number of nitriles is 1. The zero-order valence-corrected chi connectivity index (χ0v) is 11.6. The van der Waals surface area contributed by atoms with Gasteiger partial charge in [-0.1, -0.05) is 0 Å². The van der Waals surface area contributed by atoms with Crippen molar-refractivity contribution >= 4 is 18.3 Å². The van der Waals surface area contributed by atoms with Gasteiger partial charge < -0.3 is 15.3 Å². The second-order valence-corrected chi connectivity index (χ2v) is 5.71. The number of aliphatic hydroxyl groups is 1. The molecule has 2 bridgehead atoms. The second-order valence-electron chi connectivity index (χ2n) is 5.71. The van der Waals surface area contributed by atoms with Gasteiger partial charge in [0.15, 0.2) is 0 Å². The maximum atomic E-state index is 12.5. The smallest absolute Gasteiger partial charge is 0.241 e. The molecule has 3 fully saturated rings. The van der Waals surface area contributed by atoms with E-state index in [1.165, 1.54) is 0 Å². The van der Waals surface area contributed by atoms with Crippen LogP contribution >= 0.6 is 12.4 Å². The van der Waals surface area contributed by atoms with E-state index in [1.807, 2.05) is 0 Å². The summed E-state index contributed by atoms with van der Waals surface area (Å²) in [4.78, 5) is 14.2. The van der Waals surface area contributed by atoms with Crippen LogP contribution in [0.1, 0.15) is 32.1 Å². The topological polar surface area (TPSA) is 76.4 Å². The summed E-state index contributed by atoms with van der Waals surface area (Å²) >= 11 is 0. The van der Waals surface area contributed by atoms with Crippen molar-refractivity contribution in [3.63, 3.8) is 0 Å². The number of carbonyl (C=O) groups excluding carboxylic acids is 1. The predicted molar refractivity (Wildman–Crippen MR) is 71.7 cm³/mol. The van der Waals surface area contributed by atoms with Crippen LogP contribution in [0.3, 0.4) is 0 Å². The molecule has 0 aromatic heterocycles. The quantitative estimate of drug-likeness (QED) is 0.732. The van der Waals surface area contributed by atoms with Crippen molar-refractivity contribution in [3.05, 3.63) is 0 Å². The van der Waals surface area contributed by atoms with Crippen LogP contribution in [0.2, 0.25) is 0 Å². The third-order valence-electron chi connectivity index (χ3n) is 4.67. The largest absolute Gasteiger partial charge is 0.392 e. The third-order valence-corrected chi connectivity index (χ3v) is 4.67. The number of nitrogens with one attached hydrogen (secondary N) is 1. The highest BCUT2D eigenvalue weighted by molar-refractivity contribution is 5.85. The number of hydrogen-bond donors (Lipinski definition) is 2. The fourth-order valence-corrected chi connectivity index (χ4v) is 3.65. The van der Waals surface area contributed by atoms with Crippen LogP contribution in [0.4, 0.5) is 0 Å². The molecule has 2 N–H and O–H groups in total. The molecule has 0 radical (unpaired) electrons. The summed E-state index contributed by atoms with van der Waals surface area (Å²) in [5.41, 5.74) is 0. The van der Waals surface area contributed by atoms with E-state index in [0.29, 0.717) is 12.5 Å². The number of halogens is 1. The first-order valence-corrected chi connectivity index (χ1v) is 6.85. The first kappa shape index (κ1) is 14.6. The van der Waals surface area contributed by atoms with Crippen LogP contribution in [0.15, 0.2) is 0 Å². The van der Waals surface area contributed by atoms with Gasteiger partial charge in [-0.3, -0.25) is 4.79 Å². The van der Waals surface area contributed by atoms with E-state index in [0.717, 1.165) is 32.1 Å². The zero-order chi connectivity index (χ0) is 12.7. The number of rotatable bonds is 1. The summed E-state index contributed by atoms with van der Waals surface area (Å²) in [5.74, 6) is 0.409. The van der Waals surface area contributed by atoms with Crippen molar-refractivity contribution in [2.24, 2.45) is 5.92 Å². The van der Waals surface area contributed by atoms with E-state index in [9.17, 15) is 9.90 Å². The van der Waals surface area contributed by atoms with Gasteiger partial charge in [-0.15, -0.1) is 12.4 Å². The summed E-state index contributed by atoms with van der Waals surface area (Å²) in [5, 5.41) is 22.1. The summed E-state index contributed by atoms with van der Waals surface area (Å²) in [6.07, 6.45) is 3.99. The predicted octanol–water partition coefficient (Wildman–Crippen LogP) is 0.424. The number of hydrogen-bond acceptors (Lipinski definition) is 4. The molecule has 1 amide bonds. The molecule has 5 nitrogen and oxygen atoms in total. The van der Waals surface area contributed by atoms with Crippen molar-refractivity contribution in [1.29, 1.82) is 5.26 Å².